The highest BCUT2D eigenvalue weighted by Crippen LogP contribution is 2.41. The quantitative estimate of drug-likeness (QED) is 0.480. The van der Waals surface area contributed by atoms with E-state index in [9.17, 15) is 4.79 Å². The molecular weight excluding hydrogens is 398 g/mol. The van der Waals surface area contributed by atoms with E-state index in [-0.39, 0.29) is 24.1 Å². The van der Waals surface area contributed by atoms with E-state index in [1.165, 1.54) is 7.11 Å². The number of aromatic nitrogens is 1. The lowest BCUT2D eigenvalue weighted by atomic mass is 10.0. The van der Waals surface area contributed by atoms with E-state index in [2.05, 4.69) is 29.0 Å². The van der Waals surface area contributed by atoms with Crippen molar-refractivity contribution in [1.82, 2.24) is 15.2 Å². The number of nitrogens with one attached hydrogen (secondary N) is 1. The number of nitrogens with zero attached hydrogens (tertiary/aromatic N) is 2. The predicted octanol–water partition coefficient (Wildman–Crippen LogP) is 4.51. The Morgan fingerprint density at radius 3 is 2.73 bits per heavy atom. The van der Waals surface area contributed by atoms with Crippen LogP contribution in [0.2, 0.25) is 0 Å². The number of ether oxygens (including phenoxy) is 1. The number of rotatable bonds is 5. The summed E-state index contributed by atoms with van der Waals surface area (Å²) in [5.41, 5.74) is 2.19. The summed E-state index contributed by atoms with van der Waals surface area (Å²) in [4.78, 5) is 18.5. The van der Waals surface area contributed by atoms with Gasteiger partial charge in [-0.1, -0.05) is 18.2 Å². The van der Waals surface area contributed by atoms with Crippen LogP contribution in [-0.2, 0) is 4.74 Å². The maximum absolute atomic E-state index is 11.9. The molecule has 2 atom stereocenters. The zero-order chi connectivity index (χ0) is 21.3. The van der Waals surface area contributed by atoms with Gasteiger partial charge in [0.2, 0.25) is 0 Å². The Hall–Kier alpha value is -3.19. The zero-order valence-electron chi connectivity index (χ0n) is 17.0. The predicted molar refractivity (Wildman–Crippen MR) is 118 cm³/mol. The number of hydrogen-bond acceptors (Lipinski definition) is 5. The average molecular weight is 422 g/mol. The van der Waals surface area contributed by atoms with Gasteiger partial charge >= 0.3 is 5.97 Å². The molecule has 1 N–H and O–H groups in total. The SMILES string of the molecule is COC(=O)c1cccc(-c2ccc([C@H]3[C@H](c4ccccn4)NC(=S)N3C(C)C)o2)c1. The lowest BCUT2D eigenvalue weighted by molar-refractivity contribution is 0.0601. The van der Waals surface area contributed by atoms with Crippen molar-refractivity contribution in [3.8, 4) is 11.3 Å². The van der Waals surface area contributed by atoms with E-state index in [1.807, 2.05) is 42.5 Å². The molecule has 0 saturated carbocycles. The normalized spacial score (nSPS) is 18.5. The monoisotopic (exact) mass is 421 g/mol. The number of carbonyl (C=O) groups excluding carboxylic acids is 1. The van der Waals surface area contributed by atoms with Gasteiger partial charge in [-0.3, -0.25) is 4.98 Å². The largest absolute Gasteiger partial charge is 0.465 e. The molecule has 0 aliphatic carbocycles. The van der Waals surface area contributed by atoms with Gasteiger partial charge in [-0.15, -0.1) is 0 Å². The van der Waals surface area contributed by atoms with E-state index in [4.69, 9.17) is 21.4 Å². The number of carbonyl (C=O) groups is 1. The molecule has 1 fully saturated rings. The summed E-state index contributed by atoms with van der Waals surface area (Å²) in [5, 5.41) is 4.08. The molecule has 0 amide bonds. The molecule has 0 radical (unpaired) electrons. The van der Waals surface area contributed by atoms with Crippen LogP contribution >= 0.6 is 12.2 Å². The molecule has 3 aromatic rings. The van der Waals surface area contributed by atoms with Gasteiger partial charge in [0.25, 0.3) is 0 Å². The van der Waals surface area contributed by atoms with Crippen molar-refractivity contribution in [1.29, 1.82) is 0 Å². The summed E-state index contributed by atoms with van der Waals surface area (Å²) >= 11 is 5.62. The minimum Gasteiger partial charge on any atom is -0.465 e. The molecule has 1 saturated heterocycles. The van der Waals surface area contributed by atoms with Crippen molar-refractivity contribution in [2.24, 2.45) is 0 Å². The van der Waals surface area contributed by atoms with Gasteiger partial charge in [-0.2, -0.15) is 0 Å². The Morgan fingerprint density at radius 1 is 1.20 bits per heavy atom. The minimum atomic E-state index is -0.379. The van der Waals surface area contributed by atoms with Gasteiger partial charge in [0, 0.05) is 17.8 Å². The summed E-state index contributed by atoms with van der Waals surface area (Å²) < 4.78 is 11.1. The number of furan rings is 1. The number of methoxy groups -OCH3 is 1. The fraction of sp³-hybridized carbons (Fsp3) is 0.261. The fourth-order valence-corrected chi connectivity index (χ4v) is 4.26. The topological polar surface area (TPSA) is 67.6 Å². The van der Waals surface area contributed by atoms with Crippen molar-refractivity contribution < 1.29 is 13.9 Å². The highest BCUT2D eigenvalue weighted by molar-refractivity contribution is 7.80. The van der Waals surface area contributed by atoms with Crippen molar-refractivity contribution in [2.45, 2.75) is 32.0 Å². The first-order valence-electron chi connectivity index (χ1n) is 9.78. The first kappa shape index (κ1) is 20.1. The number of benzene rings is 1. The third kappa shape index (κ3) is 3.68. The molecule has 0 bridgehead atoms. The molecule has 3 heterocycles. The van der Waals surface area contributed by atoms with Gasteiger partial charge in [0.15, 0.2) is 5.11 Å². The summed E-state index contributed by atoms with van der Waals surface area (Å²) in [6.45, 7) is 4.21. The Morgan fingerprint density at radius 2 is 2.03 bits per heavy atom. The second-order valence-corrected chi connectivity index (χ2v) is 7.79. The van der Waals surface area contributed by atoms with Crippen LogP contribution < -0.4 is 5.32 Å². The molecule has 0 unspecified atom stereocenters. The average Bonchev–Trinajstić information content (AvgIpc) is 3.38. The summed E-state index contributed by atoms with van der Waals surface area (Å²) in [7, 11) is 1.37. The summed E-state index contributed by atoms with van der Waals surface area (Å²) in [6, 6.07) is 16.9. The zero-order valence-corrected chi connectivity index (χ0v) is 17.8. The van der Waals surface area contributed by atoms with E-state index in [0.29, 0.717) is 16.4 Å². The van der Waals surface area contributed by atoms with Gasteiger partial charge in [0.05, 0.1) is 24.4 Å². The summed E-state index contributed by atoms with van der Waals surface area (Å²) in [6.07, 6.45) is 1.78. The van der Waals surface area contributed by atoms with Gasteiger partial charge < -0.3 is 19.4 Å². The molecule has 1 aliphatic rings. The standard InChI is InChI=1S/C23H23N3O3S/c1-14(2)26-21(20(25-23(26)30)17-9-4-5-12-24-17)19-11-10-18(29-19)15-7-6-8-16(13-15)22(27)28-3/h4-14,20-21H,1-3H3,(H,25,30)/t20-,21-/m0/s1. The van der Waals surface area contributed by atoms with Gasteiger partial charge in [-0.25, -0.2) is 4.79 Å². The van der Waals surface area contributed by atoms with Crippen LogP contribution in [-0.4, -0.2) is 34.1 Å². The van der Waals surface area contributed by atoms with E-state index in [1.54, 1.807) is 18.3 Å². The molecule has 1 aliphatic heterocycles. The van der Waals surface area contributed by atoms with Crippen LogP contribution in [0.4, 0.5) is 0 Å². The summed E-state index contributed by atoms with van der Waals surface area (Å²) in [5.74, 6) is 1.08. The second kappa shape index (κ2) is 8.28. The maximum atomic E-state index is 11.9. The number of esters is 1. The first-order valence-corrected chi connectivity index (χ1v) is 10.2. The van der Waals surface area contributed by atoms with E-state index < -0.39 is 0 Å². The molecule has 2 aromatic heterocycles. The molecular formula is C23H23N3O3S. The van der Waals surface area contributed by atoms with Crippen LogP contribution in [0.25, 0.3) is 11.3 Å². The van der Waals surface area contributed by atoms with Gasteiger partial charge in [0.1, 0.15) is 17.6 Å². The van der Waals surface area contributed by atoms with Crippen LogP contribution in [0.15, 0.2) is 65.2 Å². The first-order chi connectivity index (χ1) is 14.5. The van der Waals surface area contributed by atoms with Crippen molar-refractivity contribution in [3.63, 3.8) is 0 Å². The minimum absolute atomic E-state index is 0.124. The molecule has 6 nitrogen and oxygen atoms in total. The second-order valence-electron chi connectivity index (χ2n) is 7.40. The number of hydrogen-bond donors (Lipinski definition) is 1. The van der Waals surface area contributed by atoms with Gasteiger partial charge in [-0.05, 0) is 62.5 Å². The third-order valence-electron chi connectivity index (χ3n) is 5.18. The molecule has 30 heavy (non-hydrogen) atoms. The Labute approximate surface area is 180 Å². The lowest BCUT2D eigenvalue weighted by Crippen LogP contribution is -2.35. The lowest BCUT2D eigenvalue weighted by Gasteiger charge is -2.29. The van der Waals surface area contributed by atoms with Crippen molar-refractivity contribution in [2.75, 3.05) is 7.11 Å². The van der Waals surface area contributed by atoms with E-state index >= 15 is 0 Å². The van der Waals surface area contributed by atoms with Crippen LogP contribution in [0, 0.1) is 0 Å². The Kier molecular flexibility index (Phi) is 5.55. The van der Waals surface area contributed by atoms with Crippen LogP contribution in [0.1, 0.15) is 47.7 Å². The van der Waals surface area contributed by atoms with E-state index in [0.717, 1.165) is 17.0 Å². The van der Waals surface area contributed by atoms with Crippen LogP contribution in [0.5, 0.6) is 0 Å². The smallest absolute Gasteiger partial charge is 0.337 e. The molecule has 0 spiro atoms. The highest BCUT2D eigenvalue weighted by atomic mass is 32.1. The fourth-order valence-electron chi connectivity index (χ4n) is 3.81. The van der Waals surface area contributed by atoms with Crippen molar-refractivity contribution in [3.05, 3.63) is 77.8 Å². The maximum Gasteiger partial charge on any atom is 0.337 e. The molecule has 154 valence electrons. The molecule has 1 aromatic carbocycles. The third-order valence-corrected chi connectivity index (χ3v) is 5.51. The molecule has 7 heteroatoms. The number of thiocarbonyl (C=S) groups is 1. The van der Waals surface area contributed by atoms with Crippen molar-refractivity contribution >= 4 is 23.3 Å². The number of pyridine rings is 1. The molecule has 4 rings (SSSR count). The van der Waals surface area contributed by atoms with Crippen LogP contribution in [0.3, 0.4) is 0 Å². The highest BCUT2D eigenvalue weighted by Gasteiger charge is 2.42. The Balaban J connectivity index is 1.72. The Bertz CT molecular complexity index is 1060.